The molecule has 0 radical (unpaired) electrons. The van der Waals surface area contributed by atoms with E-state index in [1.165, 1.54) is 0 Å². The normalized spacial score (nSPS) is 12.0. The van der Waals surface area contributed by atoms with Crippen molar-refractivity contribution in [2.75, 3.05) is 12.3 Å². The minimum atomic E-state index is -0.746. The number of esters is 1. The van der Waals surface area contributed by atoms with Crippen LogP contribution in [0.1, 0.15) is 13.8 Å². The SMILES string of the molecule is CC(C)C(C[N+](=O)[O-])OC(=O)CSc1nccc(-c2ccccn2)n1. The first-order valence-electron chi connectivity index (χ1n) is 7.64. The average Bonchev–Trinajstić information content (AvgIpc) is 2.60. The molecule has 2 heterocycles. The van der Waals surface area contributed by atoms with Gasteiger partial charge in [-0.1, -0.05) is 31.7 Å². The van der Waals surface area contributed by atoms with Gasteiger partial charge in [0.2, 0.25) is 6.54 Å². The van der Waals surface area contributed by atoms with Gasteiger partial charge < -0.3 is 4.74 Å². The first-order valence-corrected chi connectivity index (χ1v) is 8.63. The molecule has 25 heavy (non-hydrogen) atoms. The third-order valence-corrected chi connectivity index (χ3v) is 4.07. The van der Waals surface area contributed by atoms with Crippen molar-refractivity contribution in [1.82, 2.24) is 15.0 Å². The molecule has 2 rings (SSSR count). The molecule has 1 unspecified atom stereocenters. The fourth-order valence-electron chi connectivity index (χ4n) is 1.92. The van der Waals surface area contributed by atoms with Crippen LogP contribution in [0.3, 0.4) is 0 Å². The van der Waals surface area contributed by atoms with Gasteiger partial charge in [0, 0.05) is 17.3 Å². The van der Waals surface area contributed by atoms with Crippen molar-refractivity contribution >= 4 is 17.7 Å². The quantitative estimate of drug-likeness (QED) is 0.232. The highest BCUT2D eigenvalue weighted by molar-refractivity contribution is 7.99. The van der Waals surface area contributed by atoms with Gasteiger partial charge in [-0.2, -0.15) is 0 Å². The average molecular weight is 362 g/mol. The summed E-state index contributed by atoms with van der Waals surface area (Å²) in [6, 6.07) is 7.23. The molecular weight excluding hydrogens is 344 g/mol. The molecule has 0 N–H and O–H groups in total. The molecule has 0 saturated heterocycles. The summed E-state index contributed by atoms with van der Waals surface area (Å²) in [7, 11) is 0. The second kappa shape index (κ2) is 9.07. The molecule has 8 nitrogen and oxygen atoms in total. The Morgan fingerprint density at radius 1 is 1.24 bits per heavy atom. The predicted octanol–water partition coefficient (Wildman–Crippen LogP) is 2.48. The van der Waals surface area contributed by atoms with Crippen molar-refractivity contribution in [3.05, 3.63) is 46.8 Å². The number of carbonyl (C=O) groups is 1. The minimum absolute atomic E-state index is 0.0212. The van der Waals surface area contributed by atoms with E-state index < -0.39 is 23.5 Å². The van der Waals surface area contributed by atoms with Crippen molar-refractivity contribution < 1.29 is 14.5 Å². The van der Waals surface area contributed by atoms with Crippen LogP contribution in [0.15, 0.2) is 41.8 Å². The second-order valence-corrected chi connectivity index (χ2v) is 6.46. The smallest absolute Gasteiger partial charge is 0.316 e. The van der Waals surface area contributed by atoms with Gasteiger partial charge in [0.05, 0.1) is 17.1 Å². The van der Waals surface area contributed by atoms with E-state index in [0.29, 0.717) is 16.5 Å². The summed E-state index contributed by atoms with van der Waals surface area (Å²) in [5.74, 6) is -0.687. The molecule has 0 aromatic carbocycles. The standard InChI is InChI=1S/C16H18N4O4S/c1-11(2)14(9-20(22)23)24-15(21)10-25-16-18-8-6-13(19-16)12-5-3-4-7-17-12/h3-8,11,14H,9-10H2,1-2H3. The first kappa shape index (κ1) is 18.8. The number of ether oxygens (including phenoxy) is 1. The second-order valence-electron chi connectivity index (χ2n) is 5.52. The third kappa shape index (κ3) is 6.11. The molecule has 0 saturated carbocycles. The maximum atomic E-state index is 11.9. The number of nitrogens with zero attached hydrogens (tertiary/aromatic N) is 4. The van der Waals surface area contributed by atoms with E-state index in [2.05, 4.69) is 15.0 Å². The number of hydrogen-bond donors (Lipinski definition) is 0. The highest BCUT2D eigenvalue weighted by Gasteiger charge is 2.24. The summed E-state index contributed by atoms with van der Waals surface area (Å²) < 4.78 is 5.19. The van der Waals surface area contributed by atoms with Crippen molar-refractivity contribution in [3.8, 4) is 11.4 Å². The Bertz CT molecular complexity index is 727. The highest BCUT2D eigenvalue weighted by atomic mass is 32.2. The molecule has 0 bridgehead atoms. The van der Waals surface area contributed by atoms with E-state index in [9.17, 15) is 14.9 Å². The van der Waals surface area contributed by atoms with Gasteiger partial charge in [-0.15, -0.1) is 0 Å². The zero-order valence-electron chi connectivity index (χ0n) is 13.9. The fraction of sp³-hybridized carbons (Fsp3) is 0.375. The Morgan fingerprint density at radius 2 is 2.04 bits per heavy atom. The Balaban J connectivity index is 1.94. The highest BCUT2D eigenvalue weighted by Crippen LogP contribution is 2.19. The zero-order chi connectivity index (χ0) is 18.2. The Labute approximate surface area is 149 Å². The number of hydrogen-bond acceptors (Lipinski definition) is 8. The van der Waals surface area contributed by atoms with Crippen LogP contribution in [-0.2, 0) is 9.53 Å². The molecule has 2 aromatic heterocycles. The summed E-state index contributed by atoms with van der Waals surface area (Å²) in [5.41, 5.74) is 1.36. The van der Waals surface area contributed by atoms with E-state index in [4.69, 9.17) is 4.74 Å². The molecule has 1 atom stereocenters. The molecule has 2 aromatic rings. The molecule has 132 valence electrons. The largest absolute Gasteiger partial charge is 0.454 e. The molecular formula is C16H18N4O4S. The summed E-state index contributed by atoms with van der Waals surface area (Å²) in [4.78, 5) is 34.8. The molecule has 0 fully saturated rings. The lowest BCUT2D eigenvalue weighted by atomic mass is 10.1. The predicted molar refractivity (Wildman–Crippen MR) is 92.6 cm³/mol. The van der Waals surface area contributed by atoms with E-state index in [-0.39, 0.29) is 11.7 Å². The van der Waals surface area contributed by atoms with Crippen molar-refractivity contribution in [1.29, 1.82) is 0 Å². The van der Waals surface area contributed by atoms with E-state index in [1.54, 1.807) is 32.3 Å². The topological polar surface area (TPSA) is 108 Å². The van der Waals surface area contributed by atoms with E-state index in [0.717, 1.165) is 11.8 Å². The number of pyridine rings is 1. The van der Waals surface area contributed by atoms with Gasteiger partial charge in [0.15, 0.2) is 11.3 Å². The van der Waals surface area contributed by atoms with Crippen molar-refractivity contribution in [2.45, 2.75) is 25.1 Å². The van der Waals surface area contributed by atoms with Crippen molar-refractivity contribution in [3.63, 3.8) is 0 Å². The first-order chi connectivity index (χ1) is 12.0. The number of nitro groups is 1. The van der Waals surface area contributed by atoms with Crippen molar-refractivity contribution in [2.24, 2.45) is 5.92 Å². The Kier molecular flexibility index (Phi) is 6.81. The van der Waals surface area contributed by atoms with Crippen LogP contribution in [0.25, 0.3) is 11.4 Å². The van der Waals surface area contributed by atoms with E-state index in [1.807, 2.05) is 18.2 Å². The van der Waals surface area contributed by atoms with Gasteiger partial charge in [0.25, 0.3) is 0 Å². The lowest BCUT2D eigenvalue weighted by Crippen LogP contribution is -2.31. The van der Waals surface area contributed by atoms with Crippen LogP contribution in [0.4, 0.5) is 0 Å². The van der Waals surface area contributed by atoms with Crippen LogP contribution < -0.4 is 0 Å². The van der Waals surface area contributed by atoms with Gasteiger partial charge >= 0.3 is 5.97 Å². The monoisotopic (exact) mass is 362 g/mol. The summed E-state index contributed by atoms with van der Waals surface area (Å²) >= 11 is 1.12. The molecule has 0 aliphatic heterocycles. The van der Waals surface area contributed by atoms with Gasteiger partial charge in [-0.3, -0.25) is 19.9 Å². The molecule has 9 heteroatoms. The number of thioether (sulfide) groups is 1. The lowest BCUT2D eigenvalue weighted by Gasteiger charge is -2.17. The minimum Gasteiger partial charge on any atom is -0.454 e. The van der Waals surface area contributed by atoms with E-state index >= 15 is 0 Å². The maximum absolute atomic E-state index is 11.9. The fourth-order valence-corrected chi connectivity index (χ4v) is 2.54. The number of rotatable bonds is 8. The van der Waals surface area contributed by atoms with Crippen LogP contribution in [0, 0.1) is 16.0 Å². The van der Waals surface area contributed by atoms with Crippen LogP contribution in [-0.4, -0.2) is 44.2 Å². The molecule has 0 amide bonds. The van der Waals surface area contributed by atoms with Crippen LogP contribution >= 0.6 is 11.8 Å². The summed E-state index contributed by atoms with van der Waals surface area (Å²) in [6.07, 6.45) is 2.51. The summed E-state index contributed by atoms with van der Waals surface area (Å²) in [6.45, 7) is 3.14. The van der Waals surface area contributed by atoms with Crippen LogP contribution in [0.5, 0.6) is 0 Å². The lowest BCUT2D eigenvalue weighted by molar-refractivity contribution is -0.491. The third-order valence-electron chi connectivity index (χ3n) is 3.24. The Morgan fingerprint density at radius 3 is 2.68 bits per heavy atom. The van der Waals surface area contributed by atoms with Crippen LogP contribution in [0.2, 0.25) is 0 Å². The molecule has 0 aliphatic carbocycles. The summed E-state index contributed by atoms with van der Waals surface area (Å²) in [5, 5.41) is 11.0. The van der Waals surface area contributed by atoms with Gasteiger partial charge in [-0.05, 0) is 24.1 Å². The number of carbonyl (C=O) groups excluding carboxylic acids is 1. The Hall–Kier alpha value is -2.55. The molecule has 0 aliphatic rings. The van der Waals surface area contributed by atoms with Gasteiger partial charge in [0.1, 0.15) is 0 Å². The zero-order valence-corrected chi connectivity index (χ0v) is 14.7. The molecule has 0 spiro atoms. The maximum Gasteiger partial charge on any atom is 0.316 e. The number of aromatic nitrogens is 3. The van der Waals surface area contributed by atoms with Gasteiger partial charge in [-0.25, -0.2) is 9.97 Å².